The van der Waals surface area contributed by atoms with E-state index in [0.717, 1.165) is 6.08 Å². The van der Waals surface area contributed by atoms with Gasteiger partial charge in [0.05, 0.1) is 12.0 Å². The van der Waals surface area contributed by atoms with E-state index in [2.05, 4.69) is 23.5 Å². The number of methoxy groups -OCH3 is 1. The number of benzene rings is 1. The molecule has 9 nitrogen and oxygen atoms in total. The van der Waals surface area contributed by atoms with Crippen LogP contribution in [0.5, 0.6) is 5.75 Å². The maximum absolute atomic E-state index is 13.3. The lowest BCUT2D eigenvalue weighted by molar-refractivity contribution is -0.120. The van der Waals surface area contributed by atoms with Gasteiger partial charge in [-0.05, 0) is 54.5 Å². The largest absolute Gasteiger partial charge is 0.497 e. The zero-order valence-electron chi connectivity index (χ0n) is 19.3. The topological polar surface area (TPSA) is 118 Å². The molecule has 180 valence electrons. The van der Waals surface area contributed by atoms with Crippen molar-refractivity contribution in [1.29, 1.82) is 0 Å². The summed E-state index contributed by atoms with van der Waals surface area (Å²) in [6.07, 6.45) is 5.70. The number of allylic oxidation sites excluding steroid dienone is 3. The van der Waals surface area contributed by atoms with Gasteiger partial charge in [-0.25, -0.2) is 17.9 Å². The minimum absolute atomic E-state index is 0.0937. The number of pyridine rings is 1. The van der Waals surface area contributed by atoms with Crippen molar-refractivity contribution in [3.05, 3.63) is 90.1 Å². The first kappa shape index (κ1) is 26.3. The van der Waals surface area contributed by atoms with Crippen LogP contribution in [0.4, 0.5) is 10.5 Å². The van der Waals surface area contributed by atoms with Crippen molar-refractivity contribution in [2.24, 2.45) is 0 Å². The van der Waals surface area contributed by atoms with Gasteiger partial charge in [0.25, 0.3) is 10.0 Å². The molecule has 2 rings (SSSR count). The third kappa shape index (κ3) is 6.79. The van der Waals surface area contributed by atoms with Gasteiger partial charge in [0, 0.05) is 31.5 Å². The number of nitrogens with one attached hydrogen (secondary N) is 2. The van der Waals surface area contributed by atoms with Gasteiger partial charge in [0.1, 0.15) is 11.8 Å². The predicted molar refractivity (Wildman–Crippen MR) is 132 cm³/mol. The lowest BCUT2D eigenvalue weighted by Crippen LogP contribution is -2.52. The SMILES string of the molecule is C=C/C(C)=C(\C=C)S(=O)(=O)NC(=O)N[C@@H](Cc1cccnc1)C(=O)N(C)c1ccc(OC)cc1. The molecule has 0 aliphatic carbocycles. The van der Waals surface area contributed by atoms with Crippen molar-refractivity contribution in [3.63, 3.8) is 0 Å². The van der Waals surface area contributed by atoms with Gasteiger partial charge >= 0.3 is 6.03 Å². The van der Waals surface area contributed by atoms with E-state index in [1.807, 2.05) is 4.72 Å². The zero-order chi connectivity index (χ0) is 25.3. The van der Waals surface area contributed by atoms with E-state index in [1.165, 1.54) is 25.0 Å². The first-order valence-electron chi connectivity index (χ1n) is 10.2. The Morgan fingerprint density at radius 2 is 1.85 bits per heavy atom. The second-order valence-electron chi connectivity index (χ2n) is 7.25. The van der Waals surface area contributed by atoms with Crippen LogP contribution in [0.2, 0.25) is 0 Å². The number of nitrogens with zero attached hydrogens (tertiary/aromatic N) is 2. The maximum atomic E-state index is 13.3. The molecule has 0 fully saturated rings. The van der Waals surface area contributed by atoms with Crippen LogP contribution in [0.15, 0.2) is 84.6 Å². The molecule has 1 aromatic carbocycles. The van der Waals surface area contributed by atoms with Crippen LogP contribution in [0.3, 0.4) is 0 Å². The van der Waals surface area contributed by atoms with Crippen LogP contribution in [-0.4, -0.2) is 45.5 Å². The molecule has 2 N–H and O–H groups in total. The molecular formula is C24H28N4O5S. The van der Waals surface area contributed by atoms with Crippen molar-refractivity contribution >= 4 is 27.6 Å². The summed E-state index contributed by atoms with van der Waals surface area (Å²) in [5.41, 5.74) is 1.56. The highest BCUT2D eigenvalue weighted by atomic mass is 32.2. The van der Waals surface area contributed by atoms with Crippen molar-refractivity contribution in [3.8, 4) is 5.75 Å². The average molecular weight is 485 g/mol. The summed E-state index contributed by atoms with van der Waals surface area (Å²) in [6.45, 7) is 8.55. The number of carbonyl (C=O) groups is 2. The molecule has 0 saturated heterocycles. The van der Waals surface area contributed by atoms with Gasteiger partial charge in [-0.15, -0.1) is 0 Å². The van der Waals surface area contributed by atoms with E-state index in [1.54, 1.807) is 55.8 Å². The zero-order valence-corrected chi connectivity index (χ0v) is 20.1. The molecule has 34 heavy (non-hydrogen) atoms. The number of carbonyl (C=O) groups excluding carboxylic acids is 2. The monoisotopic (exact) mass is 484 g/mol. The Morgan fingerprint density at radius 3 is 2.38 bits per heavy atom. The Labute approximate surface area is 199 Å². The highest BCUT2D eigenvalue weighted by Gasteiger charge is 2.28. The number of likely N-dealkylation sites (N-methyl/N-ethyl adjacent to an activating group) is 1. The molecule has 2 aromatic rings. The molecule has 10 heteroatoms. The minimum Gasteiger partial charge on any atom is -0.497 e. The van der Waals surface area contributed by atoms with Gasteiger partial charge in [-0.1, -0.05) is 25.3 Å². The van der Waals surface area contributed by atoms with Crippen molar-refractivity contribution in [2.75, 3.05) is 19.1 Å². The fourth-order valence-electron chi connectivity index (χ4n) is 3.07. The molecular weight excluding hydrogens is 456 g/mol. The fraction of sp³-hybridized carbons (Fsp3) is 0.208. The van der Waals surface area contributed by atoms with E-state index >= 15 is 0 Å². The summed E-state index contributed by atoms with van der Waals surface area (Å²) in [4.78, 5) is 31.1. The van der Waals surface area contributed by atoms with E-state index in [-0.39, 0.29) is 11.3 Å². The van der Waals surface area contributed by atoms with Gasteiger partial charge in [0.2, 0.25) is 5.91 Å². The number of hydrogen-bond donors (Lipinski definition) is 2. The summed E-state index contributed by atoms with van der Waals surface area (Å²) in [7, 11) is -1.14. The molecule has 1 heterocycles. The molecule has 0 saturated carbocycles. The van der Waals surface area contributed by atoms with Crippen LogP contribution in [0.25, 0.3) is 0 Å². The summed E-state index contributed by atoms with van der Waals surface area (Å²) >= 11 is 0. The number of amides is 3. The molecule has 0 radical (unpaired) electrons. The van der Waals surface area contributed by atoms with E-state index in [4.69, 9.17) is 4.74 Å². The first-order valence-corrected chi connectivity index (χ1v) is 11.7. The number of urea groups is 1. The lowest BCUT2D eigenvalue weighted by Gasteiger charge is -2.25. The molecule has 0 spiro atoms. The van der Waals surface area contributed by atoms with E-state index in [9.17, 15) is 18.0 Å². The minimum atomic E-state index is -4.23. The Hall–Kier alpha value is -3.92. The number of ether oxygens (including phenoxy) is 1. The van der Waals surface area contributed by atoms with Crippen LogP contribution >= 0.6 is 0 Å². The van der Waals surface area contributed by atoms with Gasteiger partial charge in [0.15, 0.2) is 0 Å². The number of anilines is 1. The van der Waals surface area contributed by atoms with Gasteiger partial charge in [-0.2, -0.15) is 0 Å². The predicted octanol–water partition coefficient (Wildman–Crippen LogP) is 2.94. The standard InChI is InChI=1S/C24H28N4O5S/c1-6-17(3)22(7-2)34(31,32)27-24(30)26-21(15-18-9-8-14-25-16-18)23(29)28(4)19-10-12-20(33-5)13-11-19/h6-14,16,21H,1-2,15H2,3-5H3,(H2,26,27,30)/b22-17+/t21-/m0/s1. The number of aromatic nitrogens is 1. The van der Waals surface area contributed by atoms with Crippen LogP contribution in [-0.2, 0) is 21.2 Å². The van der Waals surface area contributed by atoms with E-state index in [0.29, 0.717) is 22.6 Å². The molecule has 0 aliphatic rings. The third-order valence-electron chi connectivity index (χ3n) is 4.95. The molecule has 0 bridgehead atoms. The van der Waals surface area contributed by atoms with Crippen LogP contribution in [0, 0.1) is 0 Å². The molecule has 1 atom stereocenters. The highest BCUT2D eigenvalue weighted by Crippen LogP contribution is 2.19. The molecule has 3 amide bonds. The normalized spacial score (nSPS) is 12.6. The Morgan fingerprint density at radius 1 is 1.18 bits per heavy atom. The molecule has 1 aromatic heterocycles. The second kappa shape index (κ2) is 11.8. The maximum Gasteiger partial charge on any atom is 0.329 e. The lowest BCUT2D eigenvalue weighted by atomic mass is 10.1. The average Bonchev–Trinajstić information content (AvgIpc) is 2.83. The van der Waals surface area contributed by atoms with Crippen molar-refractivity contribution in [2.45, 2.75) is 19.4 Å². The van der Waals surface area contributed by atoms with Gasteiger partial charge < -0.3 is 15.0 Å². The van der Waals surface area contributed by atoms with Crippen LogP contribution in [0.1, 0.15) is 12.5 Å². The quantitative estimate of drug-likeness (QED) is 0.501. The summed E-state index contributed by atoms with van der Waals surface area (Å²) < 4.78 is 32.3. The van der Waals surface area contributed by atoms with Crippen molar-refractivity contribution < 1.29 is 22.7 Å². The van der Waals surface area contributed by atoms with Crippen LogP contribution < -0.4 is 19.7 Å². The van der Waals surface area contributed by atoms with Gasteiger partial charge in [-0.3, -0.25) is 9.78 Å². The fourth-order valence-corrected chi connectivity index (χ4v) is 4.21. The van der Waals surface area contributed by atoms with Crippen molar-refractivity contribution in [1.82, 2.24) is 15.0 Å². The Kier molecular flexibility index (Phi) is 9.14. The second-order valence-corrected chi connectivity index (χ2v) is 8.90. The Bertz CT molecular complexity index is 1180. The number of hydrogen-bond acceptors (Lipinski definition) is 6. The Balaban J connectivity index is 2.29. The third-order valence-corrected chi connectivity index (χ3v) is 6.47. The number of sulfonamides is 1. The summed E-state index contributed by atoms with van der Waals surface area (Å²) in [5, 5.41) is 2.47. The first-order chi connectivity index (χ1) is 16.1. The summed E-state index contributed by atoms with van der Waals surface area (Å²) in [5.74, 6) is 0.170. The molecule has 0 unspecified atom stereocenters. The smallest absolute Gasteiger partial charge is 0.329 e. The summed E-state index contributed by atoms with van der Waals surface area (Å²) in [6, 6.07) is 8.12. The van der Waals surface area contributed by atoms with E-state index < -0.39 is 28.0 Å². The molecule has 0 aliphatic heterocycles. The highest BCUT2D eigenvalue weighted by molar-refractivity contribution is 7.94. The number of rotatable bonds is 10.